The number of amides is 2. The number of carbonyl (C=O) groups excluding carboxylic acids is 2. The Morgan fingerprint density at radius 1 is 1.32 bits per heavy atom. The van der Waals surface area contributed by atoms with E-state index in [2.05, 4.69) is 5.32 Å². The molecule has 134 valence electrons. The lowest BCUT2D eigenvalue weighted by atomic mass is 9.96. The van der Waals surface area contributed by atoms with E-state index in [1.54, 1.807) is 45.0 Å². The minimum Gasteiger partial charge on any atom is -0.481 e. The summed E-state index contributed by atoms with van der Waals surface area (Å²) in [6, 6.07) is 7.33. The zero-order valence-electron chi connectivity index (χ0n) is 14.1. The molecule has 0 saturated carbocycles. The van der Waals surface area contributed by atoms with Crippen LogP contribution in [-0.2, 0) is 14.4 Å². The first-order chi connectivity index (χ1) is 11.7. The quantitative estimate of drug-likeness (QED) is 0.759. The second kappa shape index (κ2) is 6.25. The third kappa shape index (κ3) is 3.06. The molecule has 0 radical (unpaired) electrons. The van der Waals surface area contributed by atoms with Crippen molar-refractivity contribution in [2.45, 2.75) is 49.1 Å². The maximum Gasteiger partial charge on any atom is 0.327 e. The van der Waals surface area contributed by atoms with Crippen LogP contribution in [0.15, 0.2) is 30.3 Å². The highest BCUT2D eigenvalue weighted by Crippen LogP contribution is 2.50. The number of carboxylic acids is 1. The second-order valence-electron chi connectivity index (χ2n) is 6.66. The number of nitrogens with one attached hydrogen (secondary N) is 1. The maximum atomic E-state index is 12.4. The van der Waals surface area contributed by atoms with Crippen molar-refractivity contribution in [1.29, 1.82) is 0 Å². The van der Waals surface area contributed by atoms with E-state index >= 15 is 0 Å². The molecule has 8 heteroatoms. The average molecular weight is 364 g/mol. The number of fused-ring (bicyclic) bond motifs is 1. The van der Waals surface area contributed by atoms with Gasteiger partial charge in [0.2, 0.25) is 5.91 Å². The number of nitrogens with zero attached hydrogens (tertiary/aromatic N) is 1. The molecule has 4 atom stereocenters. The number of rotatable bonds is 5. The number of hydrogen-bond acceptors (Lipinski definition) is 5. The van der Waals surface area contributed by atoms with Crippen molar-refractivity contribution >= 4 is 29.5 Å². The van der Waals surface area contributed by atoms with Crippen LogP contribution in [-0.4, -0.2) is 56.1 Å². The molecule has 0 bridgehead atoms. The van der Waals surface area contributed by atoms with Crippen molar-refractivity contribution < 1.29 is 24.2 Å². The Morgan fingerprint density at radius 2 is 1.96 bits per heavy atom. The third-order valence-electron chi connectivity index (χ3n) is 4.40. The van der Waals surface area contributed by atoms with Gasteiger partial charge in [0.15, 0.2) is 6.10 Å². The van der Waals surface area contributed by atoms with Gasteiger partial charge >= 0.3 is 5.97 Å². The number of hydrogen-bond donors (Lipinski definition) is 2. The highest BCUT2D eigenvalue weighted by atomic mass is 32.2. The molecule has 3 rings (SSSR count). The number of ether oxygens (including phenoxy) is 1. The van der Waals surface area contributed by atoms with Crippen molar-refractivity contribution in [3.63, 3.8) is 0 Å². The topological polar surface area (TPSA) is 95.9 Å². The third-order valence-corrected chi connectivity index (χ3v) is 5.97. The Morgan fingerprint density at radius 3 is 2.56 bits per heavy atom. The smallest absolute Gasteiger partial charge is 0.327 e. The summed E-state index contributed by atoms with van der Waals surface area (Å²) in [6.07, 6.45) is -0.765. The molecule has 25 heavy (non-hydrogen) atoms. The molecule has 3 unspecified atom stereocenters. The second-order valence-corrected chi connectivity index (χ2v) is 8.43. The van der Waals surface area contributed by atoms with Crippen LogP contribution in [0.4, 0.5) is 0 Å². The average Bonchev–Trinajstić information content (AvgIpc) is 2.81. The molecule has 2 aliphatic heterocycles. The fourth-order valence-electron chi connectivity index (χ4n) is 3.17. The molecule has 2 fully saturated rings. The van der Waals surface area contributed by atoms with Crippen LogP contribution in [0, 0.1) is 0 Å². The number of para-hydroxylation sites is 1. The molecule has 2 N–H and O–H groups in total. The van der Waals surface area contributed by atoms with Crippen molar-refractivity contribution in [2.24, 2.45) is 0 Å². The van der Waals surface area contributed by atoms with E-state index < -0.39 is 34.8 Å². The Balaban J connectivity index is 1.64. The monoisotopic (exact) mass is 364 g/mol. The molecule has 1 aromatic rings. The van der Waals surface area contributed by atoms with Gasteiger partial charge in [-0.25, -0.2) is 4.79 Å². The minimum atomic E-state index is -1.03. The summed E-state index contributed by atoms with van der Waals surface area (Å²) in [5.74, 6) is -1.23. The molecule has 0 spiro atoms. The fraction of sp³-hybridized carbons (Fsp3) is 0.471. The van der Waals surface area contributed by atoms with Crippen LogP contribution >= 0.6 is 11.8 Å². The Labute approximate surface area is 149 Å². The predicted octanol–water partition coefficient (Wildman–Crippen LogP) is 1.09. The van der Waals surface area contributed by atoms with Crippen LogP contribution in [0.3, 0.4) is 0 Å². The minimum absolute atomic E-state index is 0.364. The lowest BCUT2D eigenvalue weighted by Gasteiger charge is -2.43. The lowest BCUT2D eigenvalue weighted by Crippen LogP contribution is -2.71. The van der Waals surface area contributed by atoms with E-state index in [0.717, 1.165) is 0 Å². The van der Waals surface area contributed by atoms with Crippen LogP contribution in [0.1, 0.15) is 20.8 Å². The number of carboxylic acid groups (broad SMARTS) is 1. The number of thioether (sulfide) groups is 1. The van der Waals surface area contributed by atoms with Gasteiger partial charge < -0.3 is 20.1 Å². The van der Waals surface area contributed by atoms with E-state index in [1.807, 2.05) is 6.07 Å². The van der Waals surface area contributed by atoms with Crippen LogP contribution < -0.4 is 10.1 Å². The van der Waals surface area contributed by atoms with Crippen molar-refractivity contribution in [3.05, 3.63) is 30.3 Å². The molecular weight excluding hydrogens is 344 g/mol. The Hall–Kier alpha value is -2.22. The number of β-lactam (4-membered cyclic amide) rings is 1. The molecule has 1 aromatic carbocycles. The molecule has 2 saturated heterocycles. The lowest BCUT2D eigenvalue weighted by molar-refractivity contribution is -0.161. The standard InChI is InChI=1S/C17H20N2O5S/c1-9(24-10-7-5-4-6-8-10)13(20)18-11-14(21)19-12(16(22)23)17(2,3)25-15(11)19/h4-9,11-12,15H,1-3H3,(H,18,20)(H,22,23)/t9?,11?,12?,15-/m0/s1. The fourth-order valence-corrected chi connectivity index (χ4v) is 4.80. The van der Waals surface area contributed by atoms with Gasteiger partial charge in [0.1, 0.15) is 23.2 Å². The van der Waals surface area contributed by atoms with Gasteiger partial charge in [-0.1, -0.05) is 18.2 Å². The SMILES string of the molecule is CC(Oc1ccccc1)C(=O)NC1C(=O)N2C(C(=O)O)C(C)(C)S[C@@H]12. The first-order valence-electron chi connectivity index (χ1n) is 7.97. The van der Waals surface area contributed by atoms with Gasteiger partial charge in [0, 0.05) is 4.75 Å². The van der Waals surface area contributed by atoms with E-state index in [1.165, 1.54) is 16.7 Å². The summed E-state index contributed by atoms with van der Waals surface area (Å²) in [7, 11) is 0. The number of benzene rings is 1. The van der Waals surface area contributed by atoms with Crippen LogP contribution in [0.2, 0.25) is 0 Å². The van der Waals surface area contributed by atoms with E-state index in [-0.39, 0.29) is 11.3 Å². The zero-order chi connectivity index (χ0) is 18.4. The van der Waals surface area contributed by atoms with Gasteiger partial charge in [-0.15, -0.1) is 11.8 Å². The van der Waals surface area contributed by atoms with Gasteiger partial charge in [-0.05, 0) is 32.9 Å². The Bertz CT molecular complexity index is 708. The van der Waals surface area contributed by atoms with Crippen LogP contribution in [0.25, 0.3) is 0 Å². The first-order valence-corrected chi connectivity index (χ1v) is 8.85. The molecular formula is C17H20N2O5S. The molecule has 7 nitrogen and oxygen atoms in total. The normalized spacial score (nSPS) is 27.9. The van der Waals surface area contributed by atoms with Gasteiger partial charge in [-0.2, -0.15) is 0 Å². The van der Waals surface area contributed by atoms with Gasteiger partial charge in [0.05, 0.1) is 0 Å². The summed E-state index contributed by atoms with van der Waals surface area (Å²) >= 11 is 1.39. The largest absolute Gasteiger partial charge is 0.481 e. The van der Waals surface area contributed by atoms with E-state index in [4.69, 9.17) is 4.74 Å². The maximum absolute atomic E-state index is 12.4. The molecule has 0 aliphatic carbocycles. The number of carbonyl (C=O) groups is 3. The summed E-state index contributed by atoms with van der Waals surface area (Å²) in [4.78, 5) is 37.5. The zero-order valence-corrected chi connectivity index (χ0v) is 14.9. The molecule has 0 aromatic heterocycles. The summed E-state index contributed by atoms with van der Waals surface area (Å²) in [5, 5.41) is 11.7. The van der Waals surface area contributed by atoms with Gasteiger partial charge in [-0.3, -0.25) is 9.59 Å². The van der Waals surface area contributed by atoms with Crippen LogP contribution in [0.5, 0.6) is 5.75 Å². The first kappa shape index (κ1) is 17.6. The Kier molecular flexibility index (Phi) is 4.40. The highest BCUT2D eigenvalue weighted by molar-refractivity contribution is 8.01. The summed E-state index contributed by atoms with van der Waals surface area (Å²) < 4.78 is 4.94. The summed E-state index contributed by atoms with van der Waals surface area (Å²) in [5.41, 5.74) is 0. The number of aliphatic carboxylic acids is 1. The predicted molar refractivity (Wildman–Crippen MR) is 92.2 cm³/mol. The van der Waals surface area contributed by atoms with Crippen molar-refractivity contribution in [3.8, 4) is 5.75 Å². The van der Waals surface area contributed by atoms with Crippen molar-refractivity contribution in [2.75, 3.05) is 0 Å². The van der Waals surface area contributed by atoms with Gasteiger partial charge in [0.25, 0.3) is 5.91 Å². The van der Waals surface area contributed by atoms with E-state index in [0.29, 0.717) is 5.75 Å². The molecule has 2 amide bonds. The molecule has 2 heterocycles. The molecule has 2 aliphatic rings. The summed E-state index contributed by atoms with van der Waals surface area (Å²) in [6.45, 7) is 5.19. The highest BCUT2D eigenvalue weighted by Gasteiger charge is 2.64. The van der Waals surface area contributed by atoms with E-state index in [9.17, 15) is 19.5 Å². The van der Waals surface area contributed by atoms with Crippen molar-refractivity contribution in [1.82, 2.24) is 10.2 Å².